The summed E-state index contributed by atoms with van der Waals surface area (Å²) in [7, 11) is 0. The number of hydrogen-bond donors (Lipinski definition) is 5. The van der Waals surface area contributed by atoms with Crippen molar-refractivity contribution in [1.29, 1.82) is 0 Å². The van der Waals surface area contributed by atoms with Crippen LogP contribution in [0, 0.1) is 12.7 Å². The van der Waals surface area contributed by atoms with Gasteiger partial charge >= 0.3 is 6.09 Å². The second-order valence-corrected chi connectivity index (χ2v) is 8.07. The minimum Gasteiger partial charge on any atom is -0.474 e. The first-order valence-electron chi connectivity index (χ1n) is 10.9. The zero-order valence-corrected chi connectivity index (χ0v) is 18.6. The number of benzene rings is 1. The monoisotopic (exact) mass is 472 g/mol. The maximum Gasteiger partial charge on any atom is 0.410 e. The van der Waals surface area contributed by atoms with E-state index >= 15 is 0 Å². The van der Waals surface area contributed by atoms with E-state index in [0.717, 1.165) is 30.6 Å². The Balaban J connectivity index is 0.000000336. The Morgan fingerprint density at radius 2 is 2.09 bits per heavy atom. The first-order chi connectivity index (χ1) is 16.3. The Hall–Kier alpha value is -3.73. The number of amides is 1. The summed E-state index contributed by atoms with van der Waals surface area (Å²) in [6, 6.07) is 3.11. The Morgan fingerprint density at radius 3 is 2.76 bits per heavy atom. The van der Waals surface area contributed by atoms with Crippen molar-refractivity contribution in [1.82, 2.24) is 15.3 Å². The Bertz CT molecular complexity index is 1220. The van der Waals surface area contributed by atoms with E-state index in [4.69, 9.17) is 15.6 Å². The number of aromatic nitrogens is 2. The van der Waals surface area contributed by atoms with Crippen molar-refractivity contribution >= 4 is 34.1 Å². The molecule has 1 saturated heterocycles. The Morgan fingerprint density at radius 1 is 1.26 bits per heavy atom. The predicted octanol–water partition coefficient (Wildman–Crippen LogP) is 3.93. The highest BCUT2D eigenvalue weighted by Crippen LogP contribution is 2.39. The lowest BCUT2D eigenvalue weighted by Gasteiger charge is -2.22. The summed E-state index contributed by atoms with van der Waals surface area (Å²) >= 11 is 0. The second kappa shape index (κ2) is 10.0. The summed E-state index contributed by atoms with van der Waals surface area (Å²) in [6.45, 7) is 4.57. The number of nitrogens with two attached hydrogens (primary N) is 1. The fourth-order valence-corrected chi connectivity index (χ4v) is 3.97. The first-order valence-corrected chi connectivity index (χ1v) is 10.9. The Kier molecular flexibility index (Phi) is 6.92. The van der Waals surface area contributed by atoms with Gasteiger partial charge in [-0.1, -0.05) is 0 Å². The predicted molar refractivity (Wildman–Crippen MR) is 127 cm³/mol. The van der Waals surface area contributed by atoms with Gasteiger partial charge in [0.25, 0.3) is 0 Å². The van der Waals surface area contributed by atoms with Gasteiger partial charge < -0.3 is 26.2 Å². The van der Waals surface area contributed by atoms with Gasteiger partial charge in [0, 0.05) is 42.0 Å². The van der Waals surface area contributed by atoms with E-state index in [1.165, 1.54) is 12.3 Å². The fraction of sp³-hybridized carbons (Fsp3) is 0.348. The average Bonchev–Trinajstić information content (AvgIpc) is 2.82. The lowest BCUT2D eigenvalue weighted by atomic mass is 9.97. The van der Waals surface area contributed by atoms with E-state index in [1.807, 2.05) is 6.92 Å². The van der Waals surface area contributed by atoms with Crippen LogP contribution in [0.3, 0.4) is 0 Å². The number of fused-ring (bicyclic) bond motifs is 2. The summed E-state index contributed by atoms with van der Waals surface area (Å²) in [5, 5.41) is 18.2. The molecule has 0 bridgehead atoms. The van der Waals surface area contributed by atoms with Crippen LogP contribution in [0.25, 0.3) is 21.9 Å². The van der Waals surface area contributed by atoms with Gasteiger partial charge in [-0.25, -0.2) is 23.5 Å². The van der Waals surface area contributed by atoms with Crippen molar-refractivity contribution in [2.45, 2.75) is 25.9 Å². The lowest BCUT2D eigenvalue weighted by Crippen LogP contribution is -2.30. The van der Waals surface area contributed by atoms with Gasteiger partial charge in [0.15, 0.2) is 5.82 Å². The molecule has 0 aliphatic carbocycles. The van der Waals surface area contributed by atoms with Crippen LogP contribution in [0.4, 0.5) is 30.8 Å². The molecule has 2 aliphatic rings. The number of ether oxygens (including phenoxy) is 1. The smallest absolute Gasteiger partial charge is 0.410 e. The molecule has 1 aromatic carbocycles. The van der Waals surface area contributed by atoms with Crippen molar-refractivity contribution < 1.29 is 23.4 Å². The molecule has 4 heterocycles. The normalized spacial score (nSPS) is 17.0. The molecular weight excluding hydrogens is 446 g/mol. The number of piperidine rings is 1. The highest BCUT2D eigenvalue weighted by atomic mass is 19.1. The number of nitrogens with zero attached hydrogens (tertiary/aromatic N) is 2. The van der Waals surface area contributed by atoms with Crippen LogP contribution in [0.15, 0.2) is 24.5 Å². The van der Waals surface area contributed by atoms with Gasteiger partial charge in [-0.15, -0.1) is 0 Å². The maximum absolute atomic E-state index is 15.0. The molecule has 0 spiro atoms. The van der Waals surface area contributed by atoms with Crippen molar-refractivity contribution in [3.63, 3.8) is 0 Å². The summed E-state index contributed by atoms with van der Waals surface area (Å²) < 4.78 is 32.6. The van der Waals surface area contributed by atoms with Gasteiger partial charge in [-0.2, -0.15) is 0 Å². The number of rotatable bonds is 2. The number of anilines is 3. The second-order valence-electron chi connectivity index (χ2n) is 8.07. The van der Waals surface area contributed by atoms with E-state index < -0.39 is 18.1 Å². The molecule has 1 fully saturated rings. The molecule has 2 aliphatic heterocycles. The zero-order chi connectivity index (χ0) is 24.2. The first kappa shape index (κ1) is 23.4. The maximum atomic E-state index is 15.0. The van der Waals surface area contributed by atoms with E-state index in [1.54, 1.807) is 12.3 Å². The number of alkyl halides is 1. The summed E-state index contributed by atoms with van der Waals surface area (Å²) in [5.74, 6) is 0.0287. The number of hydrogen-bond acceptors (Lipinski definition) is 7. The SMILES string of the molecule is Cc1c(-c2cc3cc(NC(=O)O)ncc3c(N)c2F)cnc2c1NCCO2.FC1CCCNC1. The summed E-state index contributed by atoms with van der Waals surface area (Å²) in [5.41, 5.74) is 8.28. The number of pyridine rings is 2. The van der Waals surface area contributed by atoms with Crippen LogP contribution < -0.4 is 26.4 Å². The fourth-order valence-electron chi connectivity index (χ4n) is 3.97. The van der Waals surface area contributed by atoms with Gasteiger partial charge in [0.05, 0.1) is 5.69 Å². The molecule has 6 N–H and O–H groups in total. The highest BCUT2D eigenvalue weighted by molar-refractivity contribution is 5.99. The van der Waals surface area contributed by atoms with Crippen LogP contribution >= 0.6 is 0 Å². The van der Waals surface area contributed by atoms with E-state index in [9.17, 15) is 13.6 Å². The number of halogens is 2. The van der Waals surface area contributed by atoms with Crippen LogP contribution in [-0.2, 0) is 0 Å². The standard InChI is InChI=1S/C18H16FN5O3.C5H10FN/c1-8-11(6-23-17-16(8)21-2-3-27-17)10-4-9-5-13(24-18(25)26)22-7-12(9)15(20)14(10)19;6-5-2-1-3-7-4-5/h4-7,21H,2-3,20H2,1H3,(H,22,24)(H,25,26);5,7H,1-4H2. The molecule has 5 rings (SSSR count). The zero-order valence-electron chi connectivity index (χ0n) is 18.6. The molecule has 0 radical (unpaired) electrons. The third kappa shape index (κ3) is 4.93. The molecule has 2 aromatic heterocycles. The van der Waals surface area contributed by atoms with E-state index in [2.05, 4.69) is 25.9 Å². The number of carbonyl (C=O) groups is 1. The molecule has 0 saturated carbocycles. The highest BCUT2D eigenvalue weighted by Gasteiger charge is 2.21. The molecule has 9 nitrogen and oxygen atoms in total. The minimum absolute atomic E-state index is 0.0572. The molecule has 3 aromatic rings. The molecule has 180 valence electrons. The van der Waals surface area contributed by atoms with Gasteiger partial charge in [-0.3, -0.25) is 5.32 Å². The van der Waals surface area contributed by atoms with Gasteiger partial charge in [-0.05, 0) is 49.4 Å². The summed E-state index contributed by atoms with van der Waals surface area (Å²) in [4.78, 5) is 19.1. The molecule has 11 heteroatoms. The topological polar surface area (TPSA) is 134 Å². The number of carboxylic acid groups (broad SMARTS) is 1. The minimum atomic E-state index is -1.24. The lowest BCUT2D eigenvalue weighted by molar-refractivity contribution is 0.209. The molecule has 34 heavy (non-hydrogen) atoms. The van der Waals surface area contributed by atoms with Crippen LogP contribution in [-0.4, -0.2) is 53.6 Å². The van der Waals surface area contributed by atoms with Crippen molar-refractivity contribution in [3.05, 3.63) is 35.9 Å². The van der Waals surface area contributed by atoms with E-state index in [0.29, 0.717) is 41.9 Å². The third-order valence-electron chi connectivity index (χ3n) is 5.71. The number of nitrogen functional groups attached to an aromatic ring is 1. The molecule has 1 atom stereocenters. The van der Waals surface area contributed by atoms with Crippen molar-refractivity contribution in [3.8, 4) is 17.0 Å². The molecule has 1 amide bonds. The van der Waals surface area contributed by atoms with E-state index in [-0.39, 0.29) is 17.1 Å². The Labute approximate surface area is 194 Å². The van der Waals surface area contributed by atoms with Gasteiger partial charge in [0.1, 0.15) is 24.3 Å². The van der Waals surface area contributed by atoms with Crippen molar-refractivity contribution in [2.24, 2.45) is 0 Å². The average molecular weight is 472 g/mol. The van der Waals surface area contributed by atoms with Crippen LogP contribution in [0.1, 0.15) is 18.4 Å². The quantitative estimate of drug-likeness (QED) is 0.354. The third-order valence-corrected chi connectivity index (χ3v) is 5.71. The van der Waals surface area contributed by atoms with Crippen LogP contribution in [0.2, 0.25) is 0 Å². The number of nitrogens with one attached hydrogen (secondary N) is 3. The molecular formula is C23H26F2N6O3. The molecule has 1 unspecified atom stereocenters. The largest absolute Gasteiger partial charge is 0.474 e. The van der Waals surface area contributed by atoms with Crippen LogP contribution in [0.5, 0.6) is 5.88 Å². The van der Waals surface area contributed by atoms with Gasteiger partial charge in [0.2, 0.25) is 5.88 Å². The van der Waals surface area contributed by atoms with Crippen molar-refractivity contribution in [2.75, 3.05) is 42.6 Å². The summed E-state index contributed by atoms with van der Waals surface area (Å²) in [6.07, 6.45) is 2.83.